The van der Waals surface area contributed by atoms with Gasteiger partial charge in [-0.05, 0) is 12.8 Å². The Morgan fingerprint density at radius 2 is 1.93 bits per heavy atom. The van der Waals surface area contributed by atoms with Gasteiger partial charge in [0.25, 0.3) is 0 Å². The van der Waals surface area contributed by atoms with Crippen LogP contribution in [-0.2, 0) is 0 Å². The summed E-state index contributed by atoms with van der Waals surface area (Å²) in [6.45, 7) is 6.16. The Bertz CT molecular complexity index is 442. The molecule has 0 aromatic carbocycles. The van der Waals surface area contributed by atoms with Gasteiger partial charge in [-0.25, -0.2) is 9.97 Å². The largest absolute Gasteiger partial charge is 0.289 e. The summed E-state index contributed by atoms with van der Waals surface area (Å²) in [5, 5.41) is 0. The fraction of sp³-hybridized carbons (Fsp3) is 0.364. The zero-order chi connectivity index (χ0) is 10.8. The van der Waals surface area contributed by atoms with Gasteiger partial charge >= 0.3 is 0 Å². The van der Waals surface area contributed by atoms with Crippen LogP contribution in [0.5, 0.6) is 0 Å². The van der Waals surface area contributed by atoms with Gasteiger partial charge in [0.2, 0.25) is 0 Å². The SMILES string of the molecule is Cc1cn(-c2cnc(C(C)C)cn2)cn1. The molecule has 0 N–H and O–H groups in total. The van der Waals surface area contributed by atoms with Crippen molar-refractivity contribution < 1.29 is 0 Å². The van der Waals surface area contributed by atoms with Crippen LogP contribution < -0.4 is 0 Å². The van der Waals surface area contributed by atoms with Crippen LogP contribution in [-0.4, -0.2) is 19.5 Å². The van der Waals surface area contributed by atoms with E-state index in [4.69, 9.17) is 0 Å². The Morgan fingerprint density at radius 1 is 1.13 bits per heavy atom. The molecule has 0 atom stereocenters. The van der Waals surface area contributed by atoms with Gasteiger partial charge in [0.15, 0.2) is 5.82 Å². The number of imidazole rings is 1. The van der Waals surface area contributed by atoms with Crippen molar-refractivity contribution in [1.82, 2.24) is 19.5 Å². The smallest absolute Gasteiger partial charge is 0.156 e. The zero-order valence-corrected chi connectivity index (χ0v) is 9.18. The van der Waals surface area contributed by atoms with Gasteiger partial charge in [-0.15, -0.1) is 0 Å². The third-order valence-corrected chi connectivity index (χ3v) is 2.23. The minimum Gasteiger partial charge on any atom is -0.289 e. The lowest BCUT2D eigenvalue weighted by Crippen LogP contribution is -1.99. The van der Waals surface area contributed by atoms with E-state index in [0.29, 0.717) is 5.92 Å². The maximum atomic E-state index is 4.35. The Labute approximate surface area is 89.0 Å². The highest BCUT2D eigenvalue weighted by atomic mass is 15.1. The fourth-order valence-electron chi connectivity index (χ4n) is 1.31. The Balaban J connectivity index is 2.31. The molecule has 0 radical (unpaired) electrons. The summed E-state index contributed by atoms with van der Waals surface area (Å²) in [5.41, 5.74) is 1.99. The Kier molecular flexibility index (Phi) is 2.49. The normalized spacial score (nSPS) is 10.9. The minimum atomic E-state index is 0.413. The van der Waals surface area contributed by atoms with E-state index in [1.54, 1.807) is 12.5 Å². The van der Waals surface area contributed by atoms with E-state index in [1.165, 1.54) is 0 Å². The maximum Gasteiger partial charge on any atom is 0.156 e. The molecular weight excluding hydrogens is 188 g/mol. The molecule has 4 heteroatoms. The molecule has 15 heavy (non-hydrogen) atoms. The molecule has 0 fully saturated rings. The number of rotatable bonds is 2. The van der Waals surface area contributed by atoms with Gasteiger partial charge in [-0.3, -0.25) is 9.55 Å². The molecule has 2 heterocycles. The summed E-state index contributed by atoms with van der Waals surface area (Å²) in [6.07, 6.45) is 7.26. The summed E-state index contributed by atoms with van der Waals surface area (Å²) in [6, 6.07) is 0. The third kappa shape index (κ3) is 2.03. The predicted octanol–water partition coefficient (Wildman–Crippen LogP) is 2.09. The highest BCUT2D eigenvalue weighted by Crippen LogP contribution is 2.11. The molecule has 4 nitrogen and oxygen atoms in total. The summed E-state index contributed by atoms with van der Waals surface area (Å²) in [4.78, 5) is 12.8. The molecule has 2 rings (SSSR count). The van der Waals surface area contributed by atoms with Crippen LogP contribution in [0.1, 0.15) is 31.2 Å². The molecule has 0 amide bonds. The Hall–Kier alpha value is -1.71. The quantitative estimate of drug-likeness (QED) is 0.749. The van der Waals surface area contributed by atoms with Crippen LogP contribution >= 0.6 is 0 Å². The van der Waals surface area contributed by atoms with Crippen LogP contribution in [0.15, 0.2) is 24.9 Å². The zero-order valence-electron chi connectivity index (χ0n) is 9.18. The molecule has 0 aliphatic heterocycles. The highest BCUT2D eigenvalue weighted by Gasteiger charge is 2.03. The van der Waals surface area contributed by atoms with Crippen LogP contribution in [0.25, 0.3) is 5.82 Å². The summed E-state index contributed by atoms with van der Waals surface area (Å²) in [5.74, 6) is 1.22. The van der Waals surface area contributed by atoms with E-state index in [1.807, 2.05) is 23.9 Å². The number of hydrogen-bond acceptors (Lipinski definition) is 3. The molecule has 0 unspecified atom stereocenters. The molecule has 0 aliphatic carbocycles. The van der Waals surface area contributed by atoms with E-state index in [2.05, 4.69) is 28.8 Å². The molecular formula is C11H14N4. The number of nitrogens with zero attached hydrogens (tertiary/aromatic N) is 4. The van der Waals surface area contributed by atoms with Gasteiger partial charge in [0, 0.05) is 6.20 Å². The van der Waals surface area contributed by atoms with Crippen molar-refractivity contribution >= 4 is 0 Å². The second kappa shape index (κ2) is 3.81. The van der Waals surface area contributed by atoms with Gasteiger partial charge in [0.05, 0.1) is 23.8 Å². The predicted molar refractivity (Wildman–Crippen MR) is 58.0 cm³/mol. The lowest BCUT2D eigenvalue weighted by molar-refractivity contribution is 0.803. The number of aromatic nitrogens is 4. The molecule has 2 aromatic heterocycles. The first-order valence-corrected chi connectivity index (χ1v) is 4.99. The second-order valence-electron chi connectivity index (χ2n) is 3.88. The van der Waals surface area contributed by atoms with E-state index in [0.717, 1.165) is 17.2 Å². The molecule has 78 valence electrons. The van der Waals surface area contributed by atoms with E-state index in [-0.39, 0.29) is 0 Å². The highest BCUT2D eigenvalue weighted by molar-refractivity contribution is 5.20. The monoisotopic (exact) mass is 202 g/mol. The lowest BCUT2D eigenvalue weighted by Gasteiger charge is -2.04. The van der Waals surface area contributed by atoms with Crippen LogP contribution in [0.2, 0.25) is 0 Å². The minimum absolute atomic E-state index is 0.413. The first-order valence-electron chi connectivity index (χ1n) is 4.99. The third-order valence-electron chi connectivity index (χ3n) is 2.23. The second-order valence-corrected chi connectivity index (χ2v) is 3.88. The topological polar surface area (TPSA) is 43.6 Å². The molecule has 0 bridgehead atoms. The van der Waals surface area contributed by atoms with Gasteiger partial charge in [0.1, 0.15) is 6.33 Å². The number of hydrogen-bond donors (Lipinski definition) is 0. The van der Waals surface area contributed by atoms with Gasteiger partial charge in [-0.2, -0.15) is 0 Å². The Morgan fingerprint density at radius 3 is 2.40 bits per heavy atom. The van der Waals surface area contributed by atoms with E-state index >= 15 is 0 Å². The maximum absolute atomic E-state index is 4.35. The van der Waals surface area contributed by atoms with Crippen LogP contribution in [0.3, 0.4) is 0 Å². The molecule has 0 saturated heterocycles. The van der Waals surface area contributed by atoms with Crippen molar-refractivity contribution in [2.24, 2.45) is 0 Å². The first kappa shape index (κ1) is 9.83. The molecule has 0 spiro atoms. The molecule has 0 aliphatic rings. The first-order chi connectivity index (χ1) is 7.16. The summed E-state index contributed by atoms with van der Waals surface area (Å²) in [7, 11) is 0. The van der Waals surface area contributed by atoms with Gasteiger partial charge in [-0.1, -0.05) is 13.8 Å². The van der Waals surface area contributed by atoms with Crippen molar-refractivity contribution in [2.75, 3.05) is 0 Å². The fourth-order valence-corrected chi connectivity index (χ4v) is 1.31. The van der Waals surface area contributed by atoms with Crippen molar-refractivity contribution in [3.63, 3.8) is 0 Å². The van der Waals surface area contributed by atoms with E-state index in [9.17, 15) is 0 Å². The van der Waals surface area contributed by atoms with Crippen molar-refractivity contribution in [2.45, 2.75) is 26.7 Å². The lowest BCUT2D eigenvalue weighted by atomic mass is 10.1. The van der Waals surface area contributed by atoms with Crippen LogP contribution in [0.4, 0.5) is 0 Å². The summed E-state index contributed by atoms with van der Waals surface area (Å²) < 4.78 is 1.87. The van der Waals surface area contributed by atoms with Crippen molar-refractivity contribution in [1.29, 1.82) is 0 Å². The standard InChI is InChI=1S/C11H14N4/c1-8(2)10-4-13-11(5-12-10)15-6-9(3)14-7-15/h4-8H,1-3H3. The van der Waals surface area contributed by atoms with Crippen molar-refractivity contribution in [3.8, 4) is 5.82 Å². The number of aryl methyl sites for hydroxylation is 1. The van der Waals surface area contributed by atoms with E-state index < -0.39 is 0 Å². The average molecular weight is 202 g/mol. The molecule has 0 saturated carbocycles. The summed E-state index contributed by atoms with van der Waals surface area (Å²) >= 11 is 0. The van der Waals surface area contributed by atoms with Crippen molar-refractivity contribution in [3.05, 3.63) is 36.3 Å². The molecule has 2 aromatic rings. The van der Waals surface area contributed by atoms with Gasteiger partial charge < -0.3 is 0 Å². The average Bonchev–Trinajstić information content (AvgIpc) is 2.65. The van der Waals surface area contributed by atoms with Crippen LogP contribution in [0, 0.1) is 6.92 Å².